The van der Waals surface area contributed by atoms with Crippen LogP contribution in [0.4, 0.5) is 0 Å². The Morgan fingerprint density at radius 1 is 1.25 bits per heavy atom. The van der Waals surface area contributed by atoms with E-state index in [0.29, 0.717) is 11.6 Å². The largest absolute Gasteiger partial charge is 0.307 e. The van der Waals surface area contributed by atoms with E-state index in [1.807, 2.05) is 11.8 Å². The minimum absolute atomic E-state index is 0.348. The zero-order valence-electron chi connectivity index (χ0n) is 13.1. The van der Waals surface area contributed by atoms with Crippen molar-refractivity contribution < 1.29 is 0 Å². The van der Waals surface area contributed by atoms with Crippen molar-refractivity contribution in [1.29, 1.82) is 0 Å². The molecule has 0 aromatic heterocycles. The molecule has 2 nitrogen and oxygen atoms in total. The van der Waals surface area contributed by atoms with Crippen LogP contribution in [0.2, 0.25) is 0 Å². The summed E-state index contributed by atoms with van der Waals surface area (Å²) in [6.45, 7) is 8.11. The summed E-state index contributed by atoms with van der Waals surface area (Å²) in [4.78, 5) is 2.73. The van der Waals surface area contributed by atoms with Gasteiger partial charge in [0, 0.05) is 37.0 Å². The van der Waals surface area contributed by atoms with Crippen LogP contribution in [-0.4, -0.2) is 42.1 Å². The van der Waals surface area contributed by atoms with Gasteiger partial charge < -0.3 is 5.32 Å². The lowest BCUT2D eigenvalue weighted by molar-refractivity contribution is 0.0372. The Balaban J connectivity index is 2.12. The summed E-state index contributed by atoms with van der Waals surface area (Å²) in [5.74, 6) is 1.23. The molecule has 3 heteroatoms. The number of rotatable bonds is 6. The number of piperazine rings is 1. The highest BCUT2D eigenvalue weighted by Crippen LogP contribution is 2.31. The summed E-state index contributed by atoms with van der Waals surface area (Å²) in [7, 11) is 0. The van der Waals surface area contributed by atoms with Crippen LogP contribution in [0.1, 0.15) is 38.3 Å². The van der Waals surface area contributed by atoms with Gasteiger partial charge in [-0.05, 0) is 24.7 Å². The SMILES string of the molecule is CCC1(CC)CNC(c2ccccc2)CN1CCSC. The molecule has 1 fully saturated rings. The molecule has 1 heterocycles. The number of nitrogens with zero attached hydrogens (tertiary/aromatic N) is 1. The Kier molecular flexibility index (Phi) is 5.94. The average Bonchev–Trinajstić information content (AvgIpc) is 2.53. The minimum atomic E-state index is 0.348. The zero-order chi connectivity index (χ0) is 14.4. The van der Waals surface area contributed by atoms with Crippen molar-refractivity contribution in [2.45, 2.75) is 38.3 Å². The van der Waals surface area contributed by atoms with Gasteiger partial charge in [-0.2, -0.15) is 11.8 Å². The molecule has 0 radical (unpaired) electrons. The minimum Gasteiger partial charge on any atom is -0.307 e. The second kappa shape index (κ2) is 7.48. The first-order valence-electron chi connectivity index (χ1n) is 7.78. The van der Waals surface area contributed by atoms with Gasteiger partial charge >= 0.3 is 0 Å². The summed E-state index contributed by atoms with van der Waals surface area (Å²) in [6.07, 6.45) is 4.66. The van der Waals surface area contributed by atoms with E-state index in [-0.39, 0.29) is 0 Å². The molecule has 1 saturated heterocycles. The highest BCUT2D eigenvalue weighted by molar-refractivity contribution is 7.98. The second-order valence-electron chi connectivity index (χ2n) is 5.71. The third-order valence-electron chi connectivity index (χ3n) is 4.83. The fraction of sp³-hybridized carbons (Fsp3) is 0.647. The van der Waals surface area contributed by atoms with Crippen LogP contribution < -0.4 is 5.32 Å². The first-order valence-corrected chi connectivity index (χ1v) is 9.17. The smallest absolute Gasteiger partial charge is 0.0450 e. The Labute approximate surface area is 128 Å². The number of benzene rings is 1. The van der Waals surface area contributed by atoms with Crippen LogP contribution in [0.25, 0.3) is 0 Å². The summed E-state index contributed by atoms with van der Waals surface area (Å²) in [5, 5.41) is 3.79. The van der Waals surface area contributed by atoms with Gasteiger partial charge in [0.15, 0.2) is 0 Å². The molecule has 0 aliphatic carbocycles. The Morgan fingerprint density at radius 2 is 1.95 bits per heavy atom. The monoisotopic (exact) mass is 292 g/mol. The Hall–Kier alpha value is -0.510. The van der Waals surface area contributed by atoms with E-state index in [1.165, 1.54) is 30.7 Å². The van der Waals surface area contributed by atoms with Gasteiger partial charge in [-0.15, -0.1) is 0 Å². The molecular weight excluding hydrogens is 264 g/mol. The van der Waals surface area contributed by atoms with Crippen molar-refractivity contribution in [3.8, 4) is 0 Å². The van der Waals surface area contributed by atoms with Gasteiger partial charge in [-0.1, -0.05) is 44.2 Å². The first-order chi connectivity index (χ1) is 9.75. The van der Waals surface area contributed by atoms with E-state index in [4.69, 9.17) is 0 Å². The van der Waals surface area contributed by atoms with Gasteiger partial charge in [0.25, 0.3) is 0 Å². The van der Waals surface area contributed by atoms with Crippen molar-refractivity contribution in [3.63, 3.8) is 0 Å². The molecule has 1 aromatic carbocycles. The molecular formula is C17H28N2S. The highest BCUT2D eigenvalue weighted by Gasteiger charge is 2.38. The van der Waals surface area contributed by atoms with Crippen LogP contribution in [-0.2, 0) is 0 Å². The van der Waals surface area contributed by atoms with E-state index >= 15 is 0 Å². The van der Waals surface area contributed by atoms with Crippen molar-refractivity contribution in [1.82, 2.24) is 10.2 Å². The van der Waals surface area contributed by atoms with E-state index in [2.05, 4.69) is 60.7 Å². The predicted molar refractivity (Wildman–Crippen MR) is 90.5 cm³/mol. The topological polar surface area (TPSA) is 15.3 Å². The maximum Gasteiger partial charge on any atom is 0.0450 e. The van der Waals surface area contributed by atoms with Crippen molar-refractivity contribution >= 4 is 11.8 Å². The Morgan fingerprint density at radius 3 is 2.55 bits per heavy atom. The maximum absolute atomic E-state index is 3.79. The molecule has 20 heavy (non-hydrogen) atoms. The number of hydrogen-bond donors (Lipinski definition) is 1. The van der Waals surface area contributed by atoms with E-state index < -0.39 is 0 Å². The van der Waals surface area contributed by atoms with Gasteiger partial charge in [0.2, 0.25) is 0 Å². The van der Waals surface area contributed by atoms with Gasteiger partial charge in [-0.3, -0.25) is 4.90 Å². The lowest BCUT2D eigenvalue weighted by Gasteiger charge is -2.50. The second-order valence-corrected chi connectivity index (χ2v) is 6.70. The highest BCUT2D eigenvalue weighted by atomic mass is 32.2. The molecule has 1 aliphatic rings. The predicted octanol–water partition coefficient (Wildman–Crippen LogP) is 3.55. The van der Waals surface area contributed by atoms with E-state index in [0.717, 1.165) is 13.1 Å². The maximum atomic E-state index is 3.79. The molecule has 2 rings (SSSR count). The summed E-state index contributed by atoms with van der Waals surface area (Å²) in [5.41, 5.74) is 1.77. The van der Waals surface area contributed by atoms with Gasteiger partial charge in [-0.25, -0.2) is 0 Å². The zero-order valence-corrected chi connectivity index (χ0v) is 13.9. The summed E-state index contributed by atoms with van der Waals surface area (Å²) in [6, 6.07) is 11.4. The third-order valence-corrected chi connectivity index (χ3v) is 5.43. The quantitative estimate of drug-likeness (QED) is 0.863. The van der Waals surface area contributed by atoms with Crippen LogP contribution in [0.15, 0.2) is 30.3 Å². The van der Waals surface area contributed by atoms with Crippen molar-refractivity contribution in [2.24, 2.45) is 0 Å². The molecule has 1 atom stereocenters. The molecule has 1 aromatic rings. The number of nitrogens with one attached hydrogen (secondary N) is 1. The summed E-state index contributed by atoms with van der Waals surface area (Å²) < 4.78 is 0. The molecule has 0 saturated carbocycles. The Bertz CT molecular complexity index is 389. The van der Waals surface area contributed by atoms with Crippen molar-refractivity contribution in [3.05, 3.63) is 35.9 Å². The average molecular weight is 292 g/mol. The number of thioether (sulfide) groups is 1. The molecule has 1 aliphatic heterocycles. The third kappa shape index (κ3) is 3.38. The molecule has 1 N–H and O–H groups in total. The summed E-state index contributed by atoms with van der Waals surface area (Å²) >= 11 is 1.95. The standard InChI is InChI=1S/C17H28N2S/c1-4-17(5-2)14-18-16(13-19(17)11-12-20-3)15-9-7-6-8-10-15/h6-10,16,18H,4-5,11-14H2,1-3H3. The molecule has 0 spiro atoms. The van der Waals surface area contributed by atoms with Gasteiger partial charge in [0.05, 0.1) is 0 Å². The van der Waals surface area contributed by atoms with Crippen LogP contribution in [0, 0.1) is 0 Å². The van der Waals surface area contributed by atoms with Crippen LogP contribution in [0.5, 0.6) is 0 Å². The van der Waals surface area contributed by atoms with Crippen molar-refractivity contribution in [2.75, 3.05) is 31.6 Å². The number of hydrogen-bond acceptors (Lipinski definition) is 3. The fourth-order valence-corrected chi connectivity index (χ4v) is 3.69. The molecule has 0 amide bonds. The normalized spacial score (nSPS) is 22.9. The van der Waals surface area contributed by atoms with Gasteiger partial charge in [0.1, 0.15) is 0 Å². The van der Waals surface area contributed by atoms with Crippen LogP contribution >= 0.6 is 11.8 Å². The molecule has 112 valence electrons. The lowest BCUT2D eigenvalue weighted by Crippen LogP contribution is -2.61. The lowest BCUT2D eigenvalue weighted by atomic mass is 9.86. The van der Waals surface area contributed by atoms with E-state index in [9.17, 15) is 0 Å². The van der Waals surface area contributed by atoms with E-state index in [1.54, 1.807) is 0 Å². The molecule has 1 unspecified atom stereocenters. The first kappa shape index (κ1) is 15.9. The van der Waals surface area contributed by atoms with Crippen LogP contribution in [0.3, 0.4) is 0 Å². The fourth-order valence-electron chi connectivity index (χ4n) is 3.29. The molecule has 0 bridgehead atoms.